The maximum Gasteiger partial charge on any atom is 0.254 e. The lowest BCUT2D eigenvalue weighted by Crippen LogP contribution is -2.36. The highest BCUT2D eigenvalue weighted by molar-refractivity contribution is 7.15. The summed E-state index contributed by atoms with van der Waals surface area (Å²) in [7, 11) is 0. The number of hydrogen-bond acceptors (Lipinski definition) is 13. The van der Waals surface area contributed by atoms with Crippen molar-refractivity contribution in [3.63, 3.8) is 0 Å². The molecule has 5 aromatic heterocycles. The minimum atomic E-state index is -0.668. The number of amides is 1. The number of fused-ring (bicyclic) bond motifs is 2. The van der Waals surface area contributed by atoms with Crippen molar-refractivity contribution in [3.8, 4) is 10.6 Å². The normalized spacial score (nSPS) is 14.0. The van der Waals surface area contributed by atoms with Gasteiger partial charge in [0, 0.05) is 43.7 Å². The molecule has 1 saturated heterocycles. The Morgan fingerprint density at radius 1 is 1.24 bits per heavy atom. The molecule has 1 aliphatic heterocycles. The number of anilines is 2. The molecular formula is C23H23N9O5S. The van der Waals surface area contributed by atoms with Gasteiger partial charge < -0.3 is 35.3 Å². The predicted molar refractivity (Wildman–Crippen MR) is 139 cm³/mol. The van der Waals surface area contributed by atoms with Gasteiger partial charge >= 0.3 is 0 Å². The molecule has 0 aromatic carbocycles. The summed E-state index contributed by atoms with van der Waals surface area (Å²) >= 11 is 1.36. The first-order valence-electron chi connectivity index (χ1n) is 11.8. The molecule has 0 spiro atoms. The van der Waals surface area contributed by atoms with Crippen LogP contribution in [0.4, 0.5) is 11.8 Å². The molecule has 0 aliphatic carbocycles. The van der Waals surface area contributed by atoms with Crippen LogP contribution in [0.25, 0.3) is 27.4 Å². The van der Waals surface area contributed by atoms with E-state index in [4.69, 9.17) is 25.0 Å². The van der Waals surface area contributed by atoms with E-state index in [2.05, 4.69) is 25.5 Å². The third-order valence-corrected chi connectivity index (χ3v) is 7.11. The van der Waals surface area contributed by atoms with Crippen LogP contribution < -0.4 is 27.1 Å². The van der Waals surface area contributed by atoms with Crippen LogP contribution in [0.2, 0.25) is 0 Å². The van der Waals surface area contributed by atoms with Crippen LogP contribution in [0.5, 0.6) is 0 Å². The third-order valence-electron chi connectivity index (χ3n) is 6.08. The molecule has 1 amide bonds. The van der Waals surface area contributed by atoms with E-state index in [0.29, 0.717) is 78.7 Å². The molecule has 6 rings (SSSR count). The maximum atomic E-state index is 12.7. The summed E-state index contributed by atoms with van der Waals surface area (Å²) in [5.74, 6) is 0.233. The molecule has 6 heterocycles. The minimum absolute atomic E-state index is 0.124. The molecule has 14 nitrogen and oxygen atoms in total. The second-order valence-electron chi connectivity index (χ2n) is 8.53. The van der Waals surface area contributed by atoms with Crippen LogP contribution in [0, 0.1) is 0 Å². The summed E-state index contributed by atoms with van der Waals surface area (Å²) < 4.78 is 18.6. The smallest absolute Gasteiger partial charge is 0.254 e. The molecule has 5 N–H and O–H groups in total. The highest BCUT2D eigenvalue weighted by Gasteiger charge is 2.23. The Hall–Kier alpha value is -4.34. The fourth-order valence-corrected chi connectivity index (χ4v) is 5.23. The number of morpholine rings is 1. The lowest BCUT2D eigenvalue weighted by molar-refractivity contribution is 0.1000. The highest BCUT2D eigenvalue weighted by Crippen LogP contribution is 2.35. The van der Waals surface area contributed by atoms with Crippen molar-refractivity contribution in [2.75, 3.05) is 49.6 Å². The molecule has 38 heavy (non-hydrogen) atoms. The average Bonchev–Trinajstić information content (AvgIpc) is 3.67. The number of carbonyl (C=O) groups is 1. The summed E-state index contributed by atoms with van der Waals surface area (Å²) in [5.41, 5.74) is 13.0. The van der Waals surface area contributed by atoms with Gasteiger partial charge in [0.1, 0.15) is 23.2 Å². The fraction of sp³-hybridized carbons (Fsp3) is 0.304. The van der Waals surface area contributed by atoms with E-state index in [9.17, 15) is 9.59 Å². The minimum Gasteiger partial charge on any atom is -0.456 e. The van der Waals surface area contributed by atoms with E-state index >= 15 is 0 Å². The standard InChI is InChI=1S/C23H23N9O5S/c24-1-2-26-23-29-14(17(20(25)34)21-30-28-11-32(21)23)7-12-9-27-22(38-12)13-10-36-19-15(33)8-16(37-18(13)19)31-3-5-35-6-4-31/h8-11H,1-7,24H2,(H2,25,34)(H,26,29). The number of primary amides is 1. The lowest BCUT2D eigenvalue weighted by atomic mass is 10.1. The number of thiazole rings is 1. The number of rotatable bonds is 8. The first-order chi connectivity index (χ1) is 18.5. The molecule has 5 aromatic rings. The van der Waals surface area contributed by atoms with Gasteiger partial charge in [-0.2, -0.15) is 0 Å². The molecule has 0 atom stereocenters. The van der Waals surface area contributed by atoms with Gasteiger partial charge in [0.2, 0.25) is 17.0 Å². The topological polar surface area (TPSA) is 193 Å². The summed E-state index contributed by atoms with van der Waals surface area (Å²) in [4.78, 5) is 37.0. The van der Waals surface area contributed by atoms with Crippen LogP contribution in [0.15, 0.2) is 38.5 Å². The van der Waals surface area contributed by atoms with E-state index in [1.54, 1.807) is 10.6 Å². The van der Waals surface area contributed by atoms with Crippen molar-refractivity contribution < 1.29 is 18.4 Å². The van der Waals surface area contributed by atoms with Crippen LogP contribution in [-0.2, 0) is 11.2 Å². The largest absolute Gasteiger partial charge is 0.456 e. The maximum absolute atomic E-state index is 12.7. The Labute approximate surface area is 218 Å². The number of carbonyl (C=O) groups excluding carboxylic acids is 1. The summed E-state index contributed by atoms with van der Waals surface area (Å²) in [6.07, 6.45) is 4.85. The van der Waals surface area contributed by atoms with Crippen molar-refractivity contribution >= 4 is 45.9 Å². The van der Waals surface area contributed by atoms with E-state index < -0.39 is 5.91 Å². The molecule has 1 fully saturated rings. The zero-order valence-corrected chi connectivity index (χ0v) is 20.9. The number of ether oxygens (including phenoxy) is 1. The van der Waals surface area contributed by atoms with Crippen LogP contribution in [-0.4, -0.2) is 69.9 Å². The van der Waals surface area contributed by atoms with Gasteiger partial charge in [-0.3, -0.25) is 14.0 Å². The van der Waals surface area contributed by atoms with Crippen molar-refractivity contribution in [2.24, 2.45) is 11.5 Å². The Kier molecular flexibility index (Phi) is 6.22. The number of furan rings is 1. The van der Waals surface area contributed by atoms with Gasteiger partial charge in [-0.05, 0) is 0 Å². The Bertz CT molecular complexity index is 1700. The monoisotopic (exact) mass is 537 g/mol. The molecule has 0 saturated carbocycles. The number of nitrogens with zero attached hydrogens (tertiary/aromatic N) is 6. The first-order valence-corrected chi connectivity index (χ1v) is 12.6. The SMILES string of the molecule is NCCNc1nc(Cc2cnc(-c3coc4c(=O)cc(N5CCOCC5)oc34)s2)c(C(N)=O)c2nncn12. The first kappa shape index (κ1) is 24.0. The van der Waals surface area contributed by atoms with E-state index in [1.807, 2.05) is 4.90 Å². The van der Waals surface area contributed by atoms with E-state index in [0.717, 1.165) is 4.88 Å². The quantitative estimate of drug-likeness (QED) is 0.253. The van der Waals surface area contributed by atoms with Gasteiger partial charge in [-0.15, -0.1) is 21.5 Å². The predicted octanol–water partition coefficient (Wildman–Crippen LogP) is 0.844. The number of nitrogens with two attached hydrogens (primary N) is 2. The van der Waals surface area contributed by atoms with Crippen molar-refractivity contribution in [3.05, 3.63) is 51.2 Å². The van der Waals surface area contributed by atoms with Gasteiger partial charge in [0.25, 0.3) is 5.91 Å². The molecule has 196 valence electrons. The molecule has 0 unspecified atom stereocenters. The third kappa shape index (κ3) is 4.25. The molecule has 0 bridgehead atoms. The van der Waals surface area contributed by atoms with Crippen molar-refractivity contribution in [2.45, 2.75) is 6.42 Å². The number of nitrogens with one attached hydrogen (secondary N) is 1. The summed E-state index contributed by atoms with van der Waals surface area (Å²) in [5, 5.41) is 11.7. The fourth-order valence-electron chi connectivity index (χ4n) is 4.31. The van der Waals surface area contributed by atoms with E-state index in [1.165, 1.54) is 30.0 Å². The lowest BCUT2D eigenvalue weighted by Gasteiger charge is -2.26. The Balaban J connectivity index is 1.36. The average molecular weight is 538 g/mol. The molecule has 15 heteroatoms. The van der Waals surface area contributed by atoms with Gasteiger partial charge in [0.15, 0.2) is 17.1 Å². The van der Waals surface area contributed by atoms with Crippen LogP contribution in [0.3, 0.4) is 0 Å². The molecular weight excluding hydrogens is 514 g/mol. The zero-order valence-electron chi connectivity index (χ0n) is 20.0. The highest BCUT2D eigenvalue weighted by atomic mass is 32.1. The molecule has 0 radical (unpaired) electrons. The van der Waals surface area contributed by atoms with Gasteiger partial charge in [0.05, 0.1) is 30.5 Å². The van der Waals surface area contributed by atoms with Crippen LogP contribution in [0.1, 0.15) is 20.9 Å². The second-order valence-corrected chi connectivity index (χ2v) is 9.64. The molecule has 1 aliphatic rings. The zero-order chi connectivity index (χ0) is 26.2. The van der Waals surface area contributed by atoms with Crippen molar-refractivity contribution in [1.29, 1.82) is 0 Å². The van der Waals surface area contributed by atoms with Crippen LogP contribution >= 0.6 is 11.3 Å². The summed E-state index contributed by atoms with van der Waals surface area (Å²) in [6, 6.07) is 1.43. The number of hydrogen-bond donors (Lipinski definition) is 3. The summed E-state index contributed by atoms with van der Waals surface area (Å²) in [6.45, 7) is 3.21. The van der Waals surface area contributed by atoms with Gasteiger partial charge in [-0.25, -0.2) is 9.97 Å². The Morgan fingerprint density at radius 2 is 2.08 bits per heavy atom. The number of aromatic nitrogens is 5. The van der Waals surface area contributed by atoms with Crippen molar-refractivity contribution in [1.82, 2.24) is 24.6 Å². The Morgan fingerprint density at radius 3 is 2.87 bits per heavy atom. The van der Waals surface area contributed by atoms with Gasteiger partial charge in [-0.1, -0.05) is 0 Å². The van der Waals surface area contributed by atoms with E-state index in [-0.39, 0.29) is 23.0 Å². The second kappa shape index (κ2) is 9.85.